The summed E-state index contributed by atoms with van der Waals surface area (Å²) in [5, 5.41) is 0. The monoisotopic (exact) mass is 174 g/mol. The predicted molar refractivity (Wildman–Crippen MR) is 54.8 cm³/mol. The molecule has 0 spiro atoms. The molecule has 2 rings (SSSR count). The number of aryl methyl sites for hydroxylation is 2. The Morgan fingerprint density at radius 1 is 1.23 bits per heavy atom. The van der Waals surface area contributed by atoms with Crippen molar-refractivity contribution in [2.75, 3.05) is 0 Å². The molecule has 2 aromatic rings. The first kappa shape index (κ1) is 8.30. The third kappa shape index (κ3) is 1.22. The lowest BCUT2D eigenvalue weighted by Crippen LogP contribution is -1.99. The second-order valence-electron chi connectivity index (χ2n) is 3.11. The predicted octanol–water partition coefficient (Wildman–Crippen LogP) is 2.62. The van der Waals surface area contributed by atoms with E-state index in [9.17, 15) is 0 Å². The quantitative estimate of drug-likeness (QED) is 0.684. The Morgan fingerprint density at radius 3 is 2.69 bits per heavy atom. The maximum atomic E-state index is 4.56. The molecule has 0 atom stereocenters. The minimum absolute atomic E-state index is 1.00. The van der Waals surface area contributed by atoms with Gasteiger partial charge in [0.25, 0.3) is 0 Å². The van der Waals surface area contributed by atoms with Crippen molar-refractivity contribution in [2.45, 2.75) is 26.8 Å². The van der Waals surface area contributed by atoms with Crippen LogP contribution in [0.5, 0.6) is 0 Å². The van der Waals surface area contributed by atoms with Crippen LogP contribution in [0, 0.1) is 0 Å². The van der Waals surface area contributed by atoms with Crippen LogP contribution < -0.4 is 0 Å². The van der Waals surface area contributed by atoms with Crippen molar-refractivity contribution in [2.24, 2.45) is 0 Å². The van der Waals surface area contributed by atoms with Gasteiger partial charge in [-0.05, 0) is 19.1 Å². The number of para-hydroxylation sites is 2. The Labute approximate surface area is 78.2 Å². The number of nitrogens with zero attached hydrogens (tertiary/aromatic N) is 2. The summed E-state index contributed by atoms with van der Waals surface area (Å²) in [7, 11) is 0. The zero-order valence-corrected chi connectivity index (χ0v) is 8.12. The highest BCUT2D eigenvalue weighted by molar-refractivity contribution is 5.75. The third-order valence-corrected chi connectivity index (χ3v) is 2.37. The molecule has 0 saturated heterocycles. The average molecular weight is 174 g/mol. The van der Waals surface area contributed by atoms with Crippen LogP contribution in [0.15, 0.2) is 24.3 Å². The van der Waals surface area contributed by atoms with E-state index >= 15 is 0 Å². The SMILES string of the molecule is CCc1nc2ccccc2n1CC. The van der Waals surface area contributed by atoms with Gasteiger partial charge in [0.05, 0.1) is 11.0 Å². The molecule has 1 heterocycles. The first-order valence-corrected chi connectivity index (χ1v) is 4.81. The fourth-order valence-corrected chi connectivity index (χ4v) is 1.75. The van der Waals surface area contributed by atoms with E-state index in [0.29, 0.717) is 0 Å². The summed E-state index contributed by atoms with van der Waals surface area (Å²) >= 11 is 0. The van der Waals surface area contributed by atoms with Crippen LogP contribution in [0.3, 0.4) is 0 Å². The average Bonchev–Trinajstić information content (AvgIpc) is 2.55. The summed E-state index contributed by atoms with van der Waals surface area (Å²) in [5.74, 6) is 1.18. The topological polar surface area (TPSA) is 17.8 Å². The van der Waals surface area contributed by atoms with Crippen molar-refractivity contribution < 1.29 is 0 Å². The standard InChI is InChI=1S/C11H14N2/c1-3-11-12-9-7-5-6-8-10(9)13(11)4-2/h5-8H,3-4H2,1-2H3. The minimum Gasteiger partial charge on any atom is -0.328 e. The molecule has 1 aromatic carbocycles. The summed E-state index contributed by atoms with van der Waals surface area (Å²) in [6.45, 7) is 5.31. The molecule has 2 heteroatoms. The molecule has 0 aliphatic carbocycles. The van der Waals surface area contributed by atoms with Gasteiger partial charge in [-0.2, -0.15) is 0 Å². The van der Waals surface area contributed by atoms with E-state index in [1.807, 2.05) is 6.07 Å². The molecule has 0 amide bonds. The zero-order chi connectivity index (χ0) is 9.26. The number of rotatable bonds is 2. The molecule has 0 N–H and O–H groups in total. The number of fused-ring (bicyclic) bond motifs is 1. The number of imidazole rings is 1. The van der Waals surface area contributed by atoms with Crippen molar-refractivity contribution in [3.63, 3.8) is 0 Å². The number of hydrogen-bond donors (Lipinski definition) is 0. The van der Waals surface area contributed by atoms with Crippen LogP contribution in [-0.4, -0.2) is 9.55 Å². The summed E-state index contributed by atoms with van der Waals surface area (Å²) in [6.07, 6.45) is 1.00. The Balaban J connectivity index is 2.73. The Bertz CT molecular complexity index is 415. The van der Waals surface area contributed by atoms with Crippen molar-refractivity contribution in [3.8, 4) is 0 Å². The van der Waals surface area contributed by atoms with Gasteiger partial charge in [0, 0.05) is 13.0 Å². The van der Waals surface area contributed by atoms with E-state index in [1.165, 1.54) is 11.3 Å². The molecule has 68 valence electrons. The van der Waals surface area contributed by atoms with Crippen LogP contribution in [0.1, 0.15) is 19.7 Å². The molecule has 0 saturated carbocycles. The third-order valence-electron chi connectivity index (χ3n) is 2.37. The normalized spacial score (nSPS) is 10.9. The fraction of sp³-hybridized carbons (Fsp3) is 0.364. The smallest absolute Gasteiger partial charge is 0.109 e. The maximum Gasteiger partial charge on any atom is 0.109 e. The van der Waals surface area contributed by atoms with Crippen molar-refractivity contribution in [1.29, 1.82) is 0 Å². The van der Waals surface area contributed by atoms with Gasteiger partial charge in [0.15, 0.2) is 0 Å². The van der Waals surface area contributed by atoms with Crippen molar-refractivity contribution >= 4 is 11.0 Å². The molecule has 0 fully saturated rings. The molecule has 2 nitrogen and oxygen atoms in total. The van der Waals surface area contributed by atoms with Crippen LogP contribution in [0.25, 0.3) is 11.0 Å². The molecule has 0 unspecified atom stereocenters. The van der Waals surface area contributed by atoms with E-state index in [2.05, 4.69) is 41.6 Å². The summed E-state index contributed by atoms with van der Waals surface area (Å²) < 4.78 is 2.27. The van der Waals surface area contributed by atoms with Gasteiger partial charge in [0.1, 0.15) is 5.82 Å². The Morgan fingerprint density at radius 2 is 2.00 bits per heavy atom. The number of aromatic nitrogens is 2. The van der Waals surface area contributed by atoms with E-state index in [-0.39, 0.29) is 0 Å². The van der Waals surface area contributed by atoms with E-state index in [0.717, 1.165) is 18.5 Å². The Kier molecular flexibility index (Phi) is 2.05. The van der Waals surface area contributed by atoms with Gasteiger partial charge in [-0.3, -0.25) is 0 Å². The number of benzene rings is 1. The highest BCUT2D eigenvalue weighted by Gasteiger charge is 2.05. The molecular weight excluding hydrogens is 160 g/mol. The summed E-state index contributed by atoms with van der Waals surface area (Å²) in [4.78, 5) is 4.56. The van der Waals surface area contributed by atoms with Gasteiger partial charge in [-0.15, -0.1) is 0 Å². The van der Waals surface area contributed by atoms with E-state index in [1.54, 1.807) is 0 Å². The van der Waals surface area contributed by atoms with Crippen LogP contribution >= 0.6 is 0 Å². The van der Waals surface area contributed by atoms with Crippen LogP contribution in [0.2, 0.25) is 0 Å². The maximum absolute atomic E-state index is 4.56. The summed E-state index contributed by atoms with van der Waals surface area (Å²) in [5.41, 5.74) is 2.36. The molecule has 0 aliphatic heterocycles. The zero-order valence-electron chi connectivity index (χ0n) is 8.12. The van der Waals surface area contributed by atoms with Gasteiger partial charge >= 0.3 is 0 Å². The molecule has 13 heavy (non-hydrogen) atoms. The highest BCUT2D eigenvalue weighted by atomic mass is 15.1. The van der Waals surface area contributed by atoms with Crippen molar-refractivity contribution in [1.82, 2.24) is 9.55 Å². The second-order valence-corrected chi connectivity index (χ2v) is 3.11. The lowest BCUT2D eigenvalue weighted by atomic mass is 10.3. The first-order chi connectivity index (χ1) is 6.36. The van der Waals surface area contributed by atoms with Crippen LogP contribution in [-0.2, 0) is 13.0 Å². The molecular formula is C11H14N2. The second kappa shape index (κ2) is 3.21. The van der Waals surface area contributed by atoms with Gasteiger partial charge in [0.2, 0.25) is 0 Å². The van der Waals surface area contributed by atoms with Gasteiger partial charge in [-0.1, -0.05) is 19.1 Å². The first-order valence-electron chi connectivity index (χ1n) is 4.81. The van der Waals surface area contributed by atoms with E-state index in [4.69, 9.17) is 0 Å². The molecule has 0 bridgehead atoms. The van der Waals surface area contributed by atoms with Gasteiger partial charge < -0.3 is 4.57 Å². The lowest BCUT2D eigenvalue weighted by molar-refractivity contribution is 0.726. The number of hydrogen-bond acceptors (Lipinski definition) is 1. The molecule has 1 aromatic heterocycles. The largest absolute Gasteiger partial charge is 0.328 e. The van der Waals surface area contributed by atoms with Crippen LogP contribution in [0.4, 0.5) is 0 Å². The summed E-state index contributed by atoms with van der Waals surface area (Å²) in [6, 6.07) is 8.30. The fourth-order valence-electron chi connectivity index (χ4n) is 1.75. The lowest BCUT2D eigenvalue weighted by Gasteiger charge is -2.02. The minimum atomic E-state index is 1.00. The van der Waals surface area contributed by atoms with E-state index < -0.39 is 0 Å². The highest BCUT2D eigenvalue weighted by Crippen LogP contribution is 2.15. The Hall–Kier alpha value is -1.31. The van der Waals surface area contributed by atoms with Gasteiger partial charge in [-0.25, -0.2) is 4.98 Å². The van der Waals surface area contributed by atoms with Crippen molar-refractivity contribution in [3.05, 3.63) is 30.1 Å². The molecule has 0 radical (unpaired) electrons. The molecule has 0 aliphatic rings.